The van der Waals surface area contributed by atoms with Gasteiger partial charge in [-0.05, 0) is 0 Å². The molecule has 0 radical (unpaired) electrons. The van der Waals surface area contributed by atoms with E-state index < -0.39 is 21.0 Å². The van der Waals surface area contributed by atoms with Crippen molar-refractivity contribution in [2.45, 2.75) is 65.2 Å². The molecule has 0 saturated carbocycles. The SMILES string of the molecule is CC(C)(C)c1ccc2c(c1)-c1cc(C(C)(C)C)c[c]([Hf+2]([C]3=CC=CC3)=[C](c3ccccc3)c3ccccc3)c1C2.[Cl-].[Cl-]. The molecule has 0 spiro atoms. The van der Waals surface area contributed by atoms with E-state index in [2.05, 4.69) is 151 Å². The minimum atomic E-state index is -2.88. The Labute approximate surface area is 272 Å². The summed E-state index contributed by atoms with van der Waals surface area (Å²) < 4.78 is 4.98. The van der Waals surface area contributed by atoms with Crippen molar-refractivity contribution in [3.8, 4) is 11.1 Å². The molecule has 0 saturated heterocycles. The minimum Gasteiger partial charge on any atom is -1.00 e. The van der Waals surface area contributed by atoms with E-state index in [1.807, 2.05) is 0 Å². The maximum absolute atomic E-state index is 2.88. The Balaban J connectivity index is 0.00000202. The standard InChI is InChI=1S/C21H25.C13H10.C5H5.2ClH.Hf/c1-20(2,3)16-9-7-14-11-15-8-10-17(21(4,5)6)13-19(15)18(14)12-16;1-3-7-12(8-4-1)11-13-9-5-2-6-10-13;1-2-4-5-3-1;;;/h7,9-10,12-13H,11H2,1-6H3;1-10H;1-3H,4H2;2*1H;/q;;;;;+2/p-2. The van der Waals surface area contributed by atoms with E-state index in [9.17, 15) is 0 Å². The third-order valence-corrected chi connectivity index (χ3v) is 19.5. The zero-order valence-corrected chi connectivity index (χ0v) is 30.7. The van der Waals surface area contributed by atoms with Crippen molar-refractivity contribution in [1.29, 1.82) is 0 Å². The fraction of sp³-hybridized carbons (Fsp3) is 0.256. The molecular weight excluding hydrogens is 718 g/mol. The molecule has 0 aromatic heterocycles. The molecule has 0 unspecified atom stereocenters. The van der Waals surface area contributed by atoms with Gasteiger partial charge in [0.1, 0.15) is 0 Å². The van der Waals surface area contributed by atoms with Gasteiger partial charge in [-0.3, -0.25) is 0 Å². The molecule has 0 heterocycles. The average molecular weight is 758 g/mol. The third-order valence-electron chi connectivity index (χ3n) is 8.49. The first-order valence-corrected chi connectivity index (χ1v) is 20.0. The number of benzene rings is 4. The fourth-order valence-electron chi connectivity index (χ4n) is 6.16. The molecule has 0 bridgehead atoms. The zero-order chi connectivity index (χ0) is 28.1. The quantitative estimate of drug-likeness (QED) is 0.248. The maximum atomic E-state index is 2.64. The van der Waals surface area contributed by atoms with Gasteiger partial charge in [-0.1, -0.05) is 0 Å². The molecule has 0 N–H and O–H groups in total. The van der Waals surface area contributed by atoms with Crippen molar-refractivity contribution in [1.82, 2.24) is 0 Å². The molecule has 2 aliphatic rings. The van der Waals surface area contributed by atoms with E-state index >= 15 is 0 Å². The topological polar surface area (TPSA) is 0 Å². The van der Waals surface area contributed by atoms with Crippen LogP contribution in [0.4, 0.5) is 0 Å². The van der Waals surface area contributed by atoms with Crippen LogP contribution < -0.4 is 28.1 Å². The average Bonchev–Trinajstić information content (AvgIpc) is 3.59. The van der Waals surface area contributed by atoms with Gasteiger partial charge in [0.15, 0.2) is 0 Å². The molecule has 2 aliphatic carbocycles. The van der Waals surface area contributed by atoms with Crippen LogP contribution in [-0.2, 0) is 38.2 Å². The Bertz CT molecular complexity index is 1640. The predicted octanol–water partition coefficient (Wildman–Crippen LogP) is 3.22. The van der Waals surface area contributed by atoms with Crippen LogP contribution in [0.1, 0.15) is 81.3 Å². The van der Waals surface area contributed by atoms with Crippen LogP contribution >= 0.6 is 0 Å². The summed E-state index contributed by atoms with van der Waals surface area (Å²) in [6.07, 6.45) is 9.25. The van der Waals surface area contributed by atoms with Crippen molar-refractivity contribution < 1.29 is 45.8 Å². The molecular formula is C39H40Cl2Hf. The van der Waals surface area contributed by atoms with Gasteiger partial charge in [0, 0.05) is 0 Å². The van der Waals surface area contributed by atoms with E-state index in [1.165, 1.54) is 38.9 Å². The van der Waals surface area contributed by atoms with Crippen LogP contribution in [-0.4, -0.2) is 3.26 Å². The van der Waals surface area contributed by atoms with Crippen LogP contribution in [0.2, 0.25) is 0 Å². The third kappa shape index (κ3) is 6.30. The molecule has 6 rings (SSSR count). The molecule has 4 aromatic rings. The van der Waals surface area contributed by atoms with Gasteiger partial charge in [-0.2, -0.15) is 0 Å². The van der Waals surface area contributed by atoms with Crippen LogP contribution in [0.25, 0.3) is 11.1 Å². The summed E-state index contributed by atoms with van der Waals surface area (Å²) >= 11 is -2.88. The van der Waals surface area contributed by atoms with E-state index in [-0.39, 0.29) is 35.6 Å². The van der Waals surface area contributed by atoms with Gasteiger partial charge in [0.05, 0.1) is 0 Å². The fourth-order valence-corrected chi connectivity index (χ4v) is 17.9. The summed E-state index contributed by atoms with van der Waals surface area (Å²) in [6.45, 7) is 14.1. The van der Waals surface area contributed by atoms with Crippen molar-refractivity contribution in [3.63, 3.8) is 0 Å². The van der Waals surface area contributed by atoms with Gasteiger partial charge in [-0.15, -0.1) is 0 Å². The monoisotopic (exact) mass is 758 g/mol. The Hall–Kier alpha value is -2.32. The molecule has 4 aromatic carbocycles. The van der Waals surface area contributed by atoms with Gasteiger partial charge in [0.25, 0.3) is 0 Å². The number of halogens is 2. The van der Waals surface area contributed by atoms with Crippen molar-refractivity contribution in [3.05, 3.63) is 146 Å². The maximum Gasteiger partial charge on any atom is -1.00 e. The number of hydrogen-bond donors (Lipinski definition) is 0. The Kier molecular flexibility index (Phi) is 9.88. The summed E-state index contributed by atoms with van der Waals surface area (Å²) in [7, 11) is 0. The van der Waals surface area contributed by atoms with E-state index in [1.54, 1.807) is 15.5 Å². The van der Waals surface area contributed by atoms with Gasteiger partial charge in [0.2, 0.25) is 0 Å². The smallest absolute Gasteiger partial charge is 1.00 e. The molecule has 42 heavy (non-hydrogen) atoms. The Morgan fingerprint density at radius 2 is 1.21 bits per heavy atom. The van der Waals surface area contributed by atoms with Crippen LogP contribution in [0, 0.1) is 0 Å². The molecule has 0 fully saturated rings. The molecule has 0 atom stereocenters. The van der Waals surface area contributed by atoms with Gasteiger partial charge < -0.3 is 24.8 Å². The van der Waals surface area contributed by atoms with Crippen molar-refractivity contribution in [2.24, 2.45) is 0 Å². The number of fused-ring (bicyclic) bond motifs is 3. The molecule has 214 valence electrons. The molecule has 3 heteroatoms. The number of rotatable bonds is 4. The minimum absolute atomic E-state index is 0. The summed E-state index contributed by atoms with van der Waals surface area (Å²) in [5.41, 5.74) is 11.9. The first-order chi connectivity index (χ1) is 19.1. The number of hydrogen-bond acceptors (Lipinski definition) is 0. The Morgan fingerprint density at radius 1 is 0.643 bits per heavy atom. The van der Waals surface area contributed by atoms with E-state index in [0.29, 0.717) is 0 Å². The van der Waals surface area contributed by atoms with E-state index in [4.69, 9.17) is 0 Å². The summed E-state index contributed by atoms with van der Waals surface area (Å²) in [4.78, 5) is 0. The van der Waals surface area contributed by atoms with Crippen molar-refractivity contribution >= 4 is 6.58 Å². The summed E-state index contributed by atoms with van der Waals surface area (Å²) in [5.74, 6) is 0. The van der Waals surface area contributed by atoms with Crippen LogP contribution in [0.15, 0.2) is 113 Å². The van der Waals surface area contributed by atoms with Crippen LogP contribution in [0.3, 0.4) is 0 Å². The molecule has 0 nitrogen and oxygen atoms in total. The first kappa shape index (κ1) is 32.6. The summed E-state index contributed by atoms with van der Waals surface area (Å²) in [6, 6.07) is 35.0. The van der Waals surface area contributed by atoms with Crippen LogP contribution in [0.5, 0.6) is 0 Å². The number of allylic oxidation sites excluding steroid dienone is 4. The predicted molar refractivity (Wildman–Crippen MR) is 170 cm³/mol. The Morgan fingerprint density at radius 3 is 1.74 bits per heavy atom. The molecule has 0 amide bonds. The first-order valence-electron chi connectivity index (χ1n) is 14.6. The van der Waals surface area contributed by atoms with Gasteiger partial charge >= 0.3 is 250 Å². The normalized spacial score (nSPS) is 13.2. The van der Waals surface area contributed by atoms with E-state index in [0.717, 1.165) is 12.8 Å². The largest absolute Gasteiger partial charge is 1.00 e. The second-order valence-corrected chi connectivity index (χ2v) is 22.1. The summed E-state index contributed by atoms with van der Waals surface area (Å²) in [5, 5.41) is 0. The molecule has 0 aliphatic heterocycles. The van der Waals surface area contributed by atoms with Crippen molar-refractivity contribution in [2.75, 3.05) is 0 Å². The van der Waals surface area contributed by atoms with Gasteiger partial charge in [-0.25, -0.2) is 0 Å². The zero-order valence-electron chi connectivity index (χ0n) is 25.6. The second-order valence-electron chi connectivity index (χ2n) is 13.4. The second kappa shape index (κ2) is 12.7.